The molecule has 0 saturated carbocycles. The molecule has 8 heteroatoms. The Hall–Kier alpha value is -1.93. The molecule has 1 aliphatic heterocycles. The van der Waals surface area contributed by atoms with Crippen LogP contribution < -0.4 is 0 Å². The van der Waals surface area contributed by atoms with E-state index >= 15 is 0 Å². The molecule has 142 valence electrons. The number of hydroxylamine groups is 3. The van der Waals surface area contributed by atoms with Crippen LogP contribution in [0.5, 0.6) is 0 Å². The van der Waals surface area contributed by atoms with Crippen LogP contribution in [0.2, 0.25) is 0 Å². The Bertz CT molecular complexity index is 574. The van der Waals surface area contributed by atoms with Crippen molar-refractivity contribution in [3.05, 3.63) is 11.8 Å². The molecule has 25 heavy (non-hydrogen) atoms. The van der Waals surface area contributed by atoms with Gasteiger partial charge in [0.05, 0.1) is 6.08 Å². The summed E-state index contributed by atoms with van der Waals surface area (Å²) in [6.07, 6.45) is 0.947. The van der Waals surface area contributed by atoms with Gasteiger partial charge in [-0.15, -0.1) is 4.65 Å². The first kappa shape index (κ1) is 21.1. The Labute approximate surface area is 147 Å². The van der Waals surface area contributed by atoms with E-state index in [0.29, 0.717) is 18.9 Å². The fourth-order valence-electron chi connectivity index (χ4n) is 4.25. The van der Waals surface area contributed by atoms with Crippen molar-refractivity contribution in [3.8, 4) is 0 Å². The lowest BCUT2D eigenvalue weighted by molar-refractivity contribution is -1.15. The van der Waals surface area contributed by atoms with Gasteiger partial charge >= 0.3 is 17.9 Å². The molecule has 1 saturated heterocycles. The van der Waals surface area contributed by atoms with E-state index in [1.165, 1.54) is 6.92 Å². The predicted molar refractivity (Wildman–Crippen MR) is 88.2 cm³/mol. The second-order valence-electron chi connectivity index (χ2n) is 7.46. The molecule has 0 aromatic rings. The molecule has 0 atom stereocenters. The summed E-state index contributed by atoms with van der Waals surface area (Å²) in [6.45, 7) is 10.4. The monoisotopic (exact) mass is 358 g/mol. The number of esters is 1. The van der Waals surface area contributed by atoms with Crippen molar-refractivity contribution in [1.29, 1.82) is 0 Å². The van der Waals surface area contributed by atoms with Gasteiger partial charge in [0.15, 0.2) is 0 Å². The highest BCUT2D eigenvalue weighted by molar-refractivity contribution is 5.92. The minimum Gasteiger partial charge on any atom is -0.478 e. The maximum atomic E-state index is 11.9. The summed E-state index contributed by atoms with van der Waals surface area (Å²) >= 11 is 0. The van der Waals surface area contributed by atoms with Crippen molar-refractivity contribution in [1.82, 2.24) is 0 Å². The maximum absolute atomic E-state index is 11.9. The first-order chi connectivity index (χ1) is 11.3. The number of piperidine rings is 1. The number of carboxylic acid groups (broad SMARTS) is 2. The Balaban J connectivity index is 3.62. The minimum absolute atomic E-state index is 0.190. The number of likely N-dealkylation sites (tertiary alicyclic amines) is 1. The minimum atomic E-state index is -1.36. The molecular formula is C17H28NO7+. The van der Waals surface area contributed by atoms with Gasteiger partial charge < -0.3 is 14.9 Å². The summed E-state index contributed by atoms with van der Waals surface area (Å²) < 4.78 is 4.89. The summed E-state index contributed by atoms with van der Waals surface area (Å²) in [5, 5.41) is 18.9. The van der Waals surface area contributed by atoms with E-state index in [1.807, 2.05) is 0 Å². The van der Waals surface area contributed by atoms with Crippen LogP contribution in [-0.4, -0.2) is 56.6 Å². The van der Waals surface area contributed by atoms with Gasteiger partial charge in [-0.3, -0.25) is 4.79 Å². The van der Waals surface area contributed by atoms with Crippen LogP contribution in [0.15, 0.2) is 11.8 Å². The molecule has 0 aromatic heterocycles. The Morgan fingerprint density at radius 3 is 1.92 bits per heavy atom. The van der Waals surface area contributed by atoms with E-state index in [0.717, 1.165) is 0 Å². The van der Waals surface area contributed by atoms with Gasteiger partial charge in [-0.2, -0.15) is 4.84 Å². The number of carbonyl (C=O) groups is 3. The van der Waals surface area contributed by atoms with Gasteiger partial charge in [0.2, 0.25) is 0 Å². The van der Waals surface area contributed by atoms with Crippen LogP contribution in [0.1, 0.15) is 54.4 Å². The number of quaternary nitrogens is 1. The lowest BCUT2D eigenvalue weighted by atomic mass is 9.76. The van der Waals surface area contributed by atoms with E-state index in [2.05, 4.69) is 0 Å². The third-order valence-corrected chi connectivity index (χ3v) is 4.63. The van der Waals surface area contributed by atoms with E-state index in [-0.39, 0.29) is 12.3 Å². The van der Waals surface area contributed by atoms with Crippen LogP contribution in [-0.2, 0) is 24.0 Å². The summed E-state index contributed by atoms with van der Waals surface area (Å²) in [4.78, 5) is 40.5. The number of aliphatic carboxylic acids is 2. The molecule has 0 amide bonds. The van der Waals surface area contributed by atoms with Crippen molar-refractivity contribution in [2.75, 3.05) is 6.61 Å². The second kappa shape index (κ2) is 7.13. The summed E-state index contributed by atoms with van der Waals surface area (Å²) in [7, 11) is 0. The molecule has 0 spiro atoms. The Kier molecular flexibility index (Phi) is 6.02. The molecule has 0 aromatic carbocycles. The van der Waals surface area contributed by atoms with E-state index in [9.17, 15) is 24.6 Å². The number of nitrogens with zero attached hydrogens (tertiary/aromatic N) is 1. The van der Waals surface area contributed by atoms with E-state index in [4.69, 9.17) is 9.57 Å². The second-order valence-corrected chi connectivity index (χ2v) is 7.46. The average Bonchev–Trinajstić information content (AvgIpc) is 2.38. The fourth-order valence-corrected chi connectivity index (χ4v) is 4.25. The standard InChI is InChI=1S/C17H27NO7/c1-7-24-18(13(15(22)23)8-14(20)21)16(3,4)9-12(25-11(2)19)10-17(18,5)6/h8,12H,7,9-10H2,1-6H3,(H-,20,21,22,23)/p+1/b13-8+. The third-order valence-electron chi connectivity index (χ3n) is 4.63. The van der Waals surface area contributed by atoms with Crippen molar-refractivity contribution in [3.63, 3.8) is 0 Å². The van der Waals surface area contributed by atoms with Crippen LogP contribution in [0.25, 0.3) is 0 Å². The molecule has 0 radical (unpaired) electrons. The smallest absolute Gasteiger partial charge is 0.393 e. The highest BCUT2D eigenvalue weighted by atomic mass is 16.7. The molecular weight excluding hydrogens is 330 g/mol. The van der Waals surface area contributed by atoms with Gasteiger partial charge in [0, 0.05) is 19.8 Å². The maximum Gasteiger partial charge on any atom is 0.393 e. The highest BCUT2D eigenvalue weighted by Gasteiger charge is 2.66. The highest BCUT2D eigenvalue weighted by Crippen LogP contribution is 2.50. The van der Waals surface area contributed by atoms with Crippen LogP contribution in [0.4, 0.5) is 0 Å². The zero-order valence-electron chi connectivity index (χ0n) is 15.7. The number of hydrogen-bond acceptors (Lipinski definition) is 5. The predicted octanol–water partition coefficient (Wildman–Crippen LogP) is 2.09. The van der Waals surface area contributed by atoms with E-state index in [1.54, 1.807) is 34.6 Å². The molecule has 0 bridgehead atoms. The van der Waals surface area contributed by atoms with Gasteiger partial charge in [-0.1, -0.05) is 0 Å². The molecule has 0 unspecified atom stereocenters. The first-order valence-electron chi connectivity index (χ1n) is 8.20. The molecule has 1 heterocycles. The van der Waals surface area contributed by atoms with Gasteiger partial charge in [-0.25, -0.2) is 9.59 Å². The number of carboxylic acids is 2. The van der Waals surface area contributed by atoms with Gasteiger partial charge in [-0.05, 0) is 34.6 Å². The number of ether oxygens (including phenoxy) is 1. The quantitative estimate of drug-likeness (QED) is 0.425. The zero-order chi connectivity index (χ0) is 19.6. The lowest BCUT2D eigenvalue weighted by Crippen LogP contribution is -2.75. The Morgan fingerprint density at radius 1 is 1.12 bits per heavy atom. The van der Waals surface area contributed by atoms with Crippen molar-refractivity contribution >= 4 is 17.9 Å². The molecule has 8 nitrogen and oxygen atoms in total. The van der Waals surface area contributed by atoms with Crippen molar-refractivity contribution < 1.29 is 38.8 Å². The number of hydrogen-bond donors (Lipinski definition) is 2. The molecule has 2 N–H and O–H groups in total. The molecule has 0 aliphatic carbocycles. The topological polar surface area (TPSA) is 110 Å². The number of rotatable bonds is 6. The third kappa shape index (κ3) is 3.85. The molecule has 1 rings (SSSR count). The summed E-state index contributed by atoms with van der Waals surface area (Å²) in [5.74, 6) is -3.13. The normalized spacial score (nSPS) is 28.2. The number of carbonyl (C=O) groups excluding carboxylic acids is 1. The Morgan fingerprint density at radius 2 is 1.60 bits per heavy atom. The van der Waals surface area contributed by atoms with Gasteiger partial charge in [0.1, 0.15) is 23.8 Å². The van der Waals surface area contributed by atoms with Gasteiger partial charge in [0.25, 0.3) is 5.70 Å². The SMILES string of the molecule is CCO[N+]1(/C(=C/C(=O)O)C(=O)O)C(C)(C)CC(OC(C)=O)CC1(C)C. The molecule has 1 aliphatic rings. The average molecular weight is 358 g/mol. The van der Waals surface area contributed by atoms with Crippen LogP contribution in [0, 0.1) is 0 Å². The van der Waals surface area contributed by atoms with Crippen molar-refractivity contribution in [2.45, 2.75) is 71.6 Å². The first-order valence-corrected chi connectivity index (χ1v) is 8.20. The van der Waals surface area contributed by atoms with Crippen molar-refractivity contribution in [2.24, 2.45) is 0 Å². The molecule has 1 fully saturated rings. The summed E-state index contributed by atoms with van der Waals surface area (Å²) in [6, 6.07) is 0. The van der Waals surface area contributed by atoms with Crippen LogP contribution >= 0.6 is 0 Å². The fraction of sp³-hybridized carbons (Fsp3) is 0.706. The van der Waals surface area contributed by atoms with Crippen LogP contribution in [0.3, 0.4) is 0 Å². The summed E-state index contributed by atoms with van der Waals surface area (Å²) in [5.41, 5.74) is -2.06. The lowest BCUT2D eigenvalue weighted by Gasteiger charge is -2.58. The largest absolute Gasteiger partial charge is 0.478 e. The van der Waals surface area contributed by atoms with E-state index < -0.39 is 39.7 Å². The zero-order valence-corrected chi connectivity index (χ0v) is 15.7.